The van der Waals surface area contributed by atoms with Crippen molar-refractivity contribution in [1.82, 2.24) is 0 Å². The van der Waals surface area contributed by atoms with Gasteiger partial charge in [0.15, 0.2) is 0 Å². The third-order valence-electron chi connectivity index (χ3n) is 2.48. The van der Waals surface area contributed by atoms with Crippen molar-refractivity contribution in [3.05, 3.63) is 29.8 Å². The normalized spacial score (nSPS) is 13.6. The van der Waals surface area contributed by atoms with E-state index in [1.165, 1.54) is 0 Å². The van der Waals surface area contributed by atoms with Crippen LogP contribution in [0.2, 0.25) is 0 Å². The van der Waals surface area contributed by atoms with E-state index in [2.05, 4.69) is 4.74 Å². The van der Waals surface area contributed by atoms with E-state index in [0.717, 1.165) is 19.1 Å². The van der Waals surface area contributed by atoms with Gasteiger partial charge in [-0.1, -0.05) is 12.1 Å². The second kappa shape index (κ2) is 4.92. The van der Waals surface area contributed by atoms with Gasteiger partial charge in [-0.2, -0.15) is 26.3 Å². The number of halogens is 6. The second-order valence-corrected chi connectivity index (χ2v) is 3.73. The van der Waals surface area contributed by atoms with Crippen molar-refractivity contribution in [2.75, 3.05) is 12.3 Å². The molecule has 1 aromatic rings. The molecule has 0 unspecified atom stereocenters. The lowest BCUT2D eigenvalue weighted by atomic mass is 9.91. The van der Waals surface area contributed by atoms with Crippen molar-refractivity contribution in [1.29, 1.82) is 0 Å². The fraction of sp³-hybridized carbons (Fsp3) is 0.455. The molecule has 108 valence electrons. The molecule has 2 nitrogen and oxygen atoms in total. The van der Waals surface area contributed by atoms with Crippen molar-refractivity contribution >= 4 is 5.69 Å². The molecule has 0 bridgehead atoms. The van der Waals surface area contributed by atoms with Crippen LogP contribution in [0.1, 0.15) is 12.5 Å². The summed E-state index contributed by atoms with van der Waals surface area (Å²) in [7, 11) is 0. The van der Waals surface area contributed by atoms with Crippen molar-refractivity contribution in [2.45, 2.75) is 24.9 Å². The molecule has 0 spiro atoms. The third-order valence-corrected chi connectivity index (χ3v) is 2.48. The highest BCUT2D eigenvalue weighted by Crippen LogP contribution is 2.52. The molecule has 0 fully saturated rings. The molecule has 2 N–H and O–H groups in total. The number of hydrogen-bond donors (Lipinski definition) is 1. The first kappa shape index (κ1) is 15.6. The summed E-state index contributed by atoms with van der Waals surface area (Å²) in [6.45, 7) is 0.312. The number of nitrogen functional groups attached to an aromatic ring is 1. The highest BCUT2D eigenvalue weighted by atomic mass is 19.4. The second-order valence-electron chi connectivity index (χ2n) is 3.73. The first-order chi connectivity index (χ1) is 8.56. The Kier molecular flexibility index (Phi) is 4.04. The average molecular weight is 287 g/mol. The van der Waals surface area contributed by atoms with Crippen LogP contribution in [0.25, 0.3) is 0 Å². The largest absolute Gasteiger partial charge is 0.430 e. The molecule has 0 aliphatic heterocycles. The van der Waals surface area contributed by atoms with Gasteiger partial charge in [-0.15, -0.1) is 0 Å². The Morgan fingerprint density at radius 3 is 1.68 bits per heavy atom. The molecular weight excluding hydrogens is 276 g/mol. The van der Waals surface area contributed by atoms with E-state index in [9.17, 15) is 26.3 Å². The van der Waals surface area contributed by atoms with Gasteiger partial charge < -0.3 is 10.5 Å². The first-order valence-corrected chi connectivity index (χ1v) is 5.19. The van der Waals surface area contributed by atoms with Crippen molar-refractivity contribution in [2.24, 2.45) is 0 Å². The SMILES string of the molecule is CCOC(c1ccc(N)cc1)(C(F)(F)F)C(F)(F)F. The molecular formula is C11H11F6NO. The van der Waals surface area contributed by atoms with Gasteiger partial charge in [0, 0.05) is 17.9 Å². The zero-order chi connectivity index (χ0) is 14.9. The van der Waals surface area contributed by atoms with Crippen LogP contribution in [0.3, 0.4) is 0 Å². The van der Waals surface area contributed by atoms with Crippen LogP contribution >= 0.6 is 0 Å². The number of hydrogen-bond acceptors (Lipinski definition) is 2. The van der Waals surface area contributed by atoms with Crippen LogP contribution in [0, 0.1) is 0 Å². The minimum Gasteiger partial charge on any atom is -0.399 e. The molecule has 0 atom stereocenters. The maximum atomic E-state index is 13.0. The maximum absolute atomic E-state index is 13.0. The minimum atomic E-state index is -5.64. The van der Waals surface area contributed by atoms with Gasteiger partial charge in [-0.25, -0.2) is 0 Å². The van der Waals surface area contributed by atoms with Gasteiger partial charge >= 0.3 is 12.4 Å². The molecule has 0 saturated heterocycles. The summed E-state index contributed by atoms with van der Waals surface area (Å²) >= 11 is 0. The van der Waals surface area contributed by atoms with Crippen LogP contribution in [0.15, 0.2) is 24.3 Å². The average Bonchev–Trinajstić information content (AvgIpc) is 2.24. The number of ether oxygens (including phenoxy) is 1. The van der Waals surface area contributed by atoms with Crippen LogP contribution in [0.4, 0.5) is 32.0 Å². The van der Waals surface area contributed by atoms with E-state index in [1.54, 1.807) is 0 Å². The molecule has 0 amide bonds. The summed E-state index contributed by atoms with van der Waals surface area (Å²) in [5.41, 5.74) is -0.0842. The van der Waals surface area contributed by atoms with E-state index < -0.39 is 30.1 Å². The summed E-state index contributed by atoms with van der Waals surface area (Å²) in [4.78, 5) is 0. The van der Waals surface area contributed by atoms with E-state index in [-0.39, 0.29) is 5.69 Å². The molecule has 1 aromatic carbocycles. The maximum Gasteiger partial charge on any atom is 0.430 e. The van der Waals surface area contributed by atoms with Gasteiger partial charge in [0.1, 0.15) is 0 Å². The number of alkyl halides is 6. The topological polar surface area (TPSA) is 35.2 Å². The van der Waals surface area contributed by atoms with Gasteiger partial charge in [-0.05, 0) is 19.1 Å². The lowest BCUT2D eigenvalue weighted by Gasteiger charge is -2.37. The number of benzene rings is 1. The quantitative estimate of drug-likeness (QED) is 0.680. The highest BCUT2D eigenvalue weighted by molar-refractivity contribution is 5.42. The van der Waals surface area contributed by atoms with Gasteiger partial charge in [-0.3, -0.25) is 0 Å². The molecule has 0 saturated carbocycles. The van der Waals surface area contributed by atoms with Crippen molar-refractivity contribution in [3.8, 4) is 0 Å². The monoisotopic (exact) mass is 287 g/mol. The molecule has 0 heterocycles. The fourth-order valence-electron chi connectivity index (χ4n) is 1.67. The van der Waals surface area contributed by atoms with E-state index >= 15 is 0 Å². The predicted octanol–water partition coefficient (Wildman–Crippen LogP) is 3.63. The van der Waals surface area contributed by atoms with E-state index in [4.69, 9.17) is 5.73 Å². The molecule has 1 rings (SSSR count). The molecule has 19 heavy (non-hydrogen) atoms. The summed E-state index contributed by atoms with van der Waals surface area (Å²) in [5, 5.41) is 0. The van der Waals surface area contributed by atoms with Crippen LogP contribution in [0.5, 0.6) is 0 Å². The van der Waals surface area contributed by atoms with E-state index in [1.807, 2.05) is 0 Å². The fourth-order valence-corrected chi connectivity index (χ4v) is 1.67. The van der Waals surface area contributed by atoms with Crippen molar-refractivity contribution in [3.63, 3.8) is 0 Å². The Bertz CT molecular complexity index is 408. The summed E-state index contributed by atoms with van der Waals surface area (Å²) < 4.78 is 81.9. The highest BCUT2D eigenvalue weighted by Gasteiger charge is 2.73. The van der Waals surface area contributed by atoms with Crippen LogP contribution in [-0.2, 0) is 10.3 Å². The summed E-state index contributed by atoms with van der Waals surface area (Å²) in [6.07, 6.45) is -11.3. The number of rotatable bonds is 3. The van der Waals surface area contributed by atoms with Gasteiger partial charge in [0.05, 0.1) is 0 Å². The minimum absolute atomic E-state index is 0.0542. The standard InChI is InChI=1S/C11H11F6NO/c1-2-19-9(10(12,13)14,11(15,16)17)7-3-5-8(18)6-4-7/h3-6H,2,18H2,1H3. The molecule has 8 heteroatoms. The Labute approximate surface area is 105 Å². The number of anilines is 1. The lowest BCUT2D eigenvalue weighted by molar-refractivity contribution is -0.388. The van der Waals surface area contributed by atoms with Crippen molar-refractivity contribution < 1.29 is 31.1 Å². The Morgan fingerprint density at radius 2 is 1.37 bits per heavy atom. The Morgan fingerprint density at radius 1 is 0.947 bits per heavy atom. The van der Waals surface area contributed by atoms with Gasteiger partial charge in [0.25, 0.3) is 5.60 Å². The third kappa shape index (κ3) is 2.63. The van der Waals surface area contributed by atoms with E-state index in [0.29, 0.717) is 12.1 Å². The smallest absolute Gasteiger partial charge is 0.399 e. The predicted molar refractivity (Wildman–Crippen MR) is 56.3 cm³/mol. The lowest BCUT2D eigenvalue weighted by Crippen LogP contribution is -2.56. The zero-order valence-corrected chi connectivity index (χ0v) is 9.77. The summed E-state index contributed by atoms with van der Waals surface area (Å²) in [5.74, 6) is 0. The first-order valence-electron chi connectivity index (χ1n) is 5.19. The Balaban J connectivity index is 3.52. The summed E-state index contributed by atoms with van der Waals surface area (Å²) in [6, 6.07) is 3.24. The molecule has 0 aliphatic rings. The van der Waals surface area contributed by atoms with Gasteiger partial charge in [0.2, 0.25) is 0 Å². The molecule has 0 aliphatic carbocycles. The zero-order valence-electron chi connectivity index (χ0n) is 9.77. The van der Waals surface area contributed by atoms with Crippen LogP contribution in [-0.4, -0.2) is 19.0 Å². The Hall–Kier alpha value is -1.44. The molecule has 0 aromatic heterocycles. The van der Waals surface area contributed by atoms with Crippen LogP contribution < -0.4 is 5.73 Å². The number of nitrogens with two attached hydrogens (primary N) is 1. The molecule has 0 radical (unpaired) electrons.